The number of nitrogens with zero attached hydrogens (tertiary/aromatic N) is 2. The molecule has 2 heterocycles. The number of aromatic nitrogens is 1. The van der Waals surface area contributed by atoms with Gasteiger partial charge in [0.1, 0.15) is 5.82 Å². The van der Waals surface area contributed by atoms with E-state index in [9.17, 15) is 0 Å². The number of hydrogen-bond donors (Lipinski definition) is 2. The molecule has 0 spiro atoms. The Kier molecular flexibility index (Phi) is 4.17. The second kappa shape index (κ2) is 5.84. The highest BCUT2D eigenvalue weighted by molar-refractivity contribution is 5.51. The molecule has 0 bridgehead atoms. The largest absolute Gasteiger partial charge is 0.382 e. The average molecular weight is 236 g/mol. The van der Waals surface area contributed by atoms with E-state index in [0.29, 0.717) is 0 Å². The van der Waals surface area contributed by atoms with E-state index < -0.39 is 0 Å². The zero-order chi connectivity index (χ0) is 12.1. The maximum Gasteiger partial charge on any atom is 0.127 e. The van der Waals surface area contributed by atoms with Crippen molar-refractivity contribution in [2.45, 2.75) is 6.10 Å². The van der Waals surface area contributed by atoms with Crippen LogP contribution in [0.3, 0.4) is 0 Å². The van der Waals surface area contributed by atoms with Crippen LogP contribution in [0.15, 0.2) is 18.3 Å². The van der Waals surface area contributed by atoms with Crippen LogP contribution in [0.25, 0.3) is 0 Å². The summed E-state index contributed by atoms with van der Waals surface area (Å²) < 4.78 is 5.69. The van der Waals surface area contributed by atoms with E-state index in [4.69, 9.17) is 4.74 Å². The smallest absolute Gasteiger partial charge is 0.127 e. The topological polar surface area (TPSA) is 49.4 Å². The van der Waals surface area contributed by atoms with E-state index in [2.05, 4.69) is 27.6 Å². The van der Waals surface area contributed by atoms with Gasteiger partial charge in [-0.1, -0.05) is 0 Å². The van der Waals surface area contributed by atoms with Gasteiger partial charge in [0, 0.05) is 44.6 Å². The van der Waals surface area contributed by atoms with E-state index in [0.717, 1.165) is 37.7 Å². The third kappa shape index (κ3) is 3.57. The highest BCUT2D eigenvalue weighted by Gasteiger charge is 2.17. The van der Waals surface area contributed by atoms with Crippen LogP contribution in [0, 0.1) is 0 Å². The van der Waals surface area contributed by atoms with Crippen LogP contribution in [0.5, 0.6) is 0 Å². The SMILES string of the molecule is CNc1cc(NCC2CN(C)CCO2)ccn1. The van der Waals surface area contributed by atoms with Gasteiger partial charge in [0.2, 0.25) is 0 Å². The lowest BCUT2D eigenvalue weighted by atomic mass is 10.2. The molecule has 17 heavy (non-hydrogen) atoms. The fraction of sp³-hybridized carbons (Fsp3) is 0.583. The summed E-state index contributed by atoms with van der Waals surface area (Å²) in [6.07, 6.45) is 2.06. The quantitative estimate of drug-likeness (QED) is 0.812. The van der Waals surface area contributed by atoms with Crippen LogP contribution in [0.2, 0.25) is 0 Å². The van der Waals surface area contributed by atoms with Crippen molar-refractivity contribution in [1.82, 2.24) is 9.88 Å². The molecule has 1 aromatic rings. The lowest BCUT2D eigenvalue weighted by Crippen LogP contribution is -2.43. The predicted molar refractivity (Wildman–Crippen MR) is 69.5 cm³/mol. The van der Waals surface area contributed by atoms with Crippen LogP contribution in [0.4, 0.5) is 11.5 Å². The van der Waals surface area contributed by atoms with Gasteiger partial charge in [0.15, 0.2) is 0 Å². The molecule has 1 fully saturated rings. The number of nitrogens with one attached hydrogen (secondary N) is 2. The molecule has 0 amide bonds. The first-order chi connectivity index (χ1) is 8.28. The van der Waals surface area contributed by atoms with Gasteiger partial charge in [0.25, 0.3) is 0 Å². The number of pyridine rings is 1. The van der Waals surface area contributed by atoms with Gasteiger partial charge < -0.3 is 20.3 Å². The third-order valence-corrected chi connectivity index (χ3v) is 2.89. The van der Waals surface area contributed by atoms with Gasteiger partial charge >= 0.3 is 0 Å². The summed E-state index contributed by atoms with van der Waals surface area (Å²) in [5.74, 6) is 0.872. The highest BCUT2D eigenvalue weighted by Crippen LogP contribution is 2.12. The Balaban J connectivity index is 1.84. The van der Waals surface area contributed by atoms with Crippen molar-refractivity contribution in [2.24, 2.45) is 0 Å². The fourth-order valence-electron chi connectivity index (χ4n) is 1.90. The lowest BCUT2D eigenvalue weighted by molar-refractivity contribution is -0.0117. The molecule has 1 atom stereocenters. The molecule has 0 aliphatic carbocycles. The number of anilines is 2. The Hall–Kier alpha value is -1.33. The Labute approximate surface area is 102 Å². The number of morpholine rings is 1. The molecular weight excluding hydrogens is 216 g/mol. The molecule has 1 unspecified atom stereocenters. The summed E-state index contributed by atoms with van der Waals surface area (Å²) in [6, 6.07) is 3.96. The molecule has 0 aromatic carbocycles. The first-order valence-corrected chi connectivity index (χ1v) is 5.96. The second-order valence-electron chi connectivity index (χ2n) is 4.32. The third-order valence-electron chi connectivity index (χ3n) is 2.89. The molecule has 2 N–H and O–H groups in total. The molecule has 94 valence electrons. The number of ether oxygens (including phenoxy) is 1. The summed E-state index contributed by atoms with van der Waals surface area (Å²) in [5.41, 5.74) is 1.07. The summed E-state index contributed by atoms with van der Waals surface area (Å²) >= 11 is 0. The maximum atomic E-state index is 5.69. The standard InChI is InChI=1S/C12H20N4O/c1-13-12-7-10(3-4-14-12)15-8-11-9-16(2)5-6-17-11/h3-4,7,11H,5-6,8-9H2,1-2H3,(H2,13,14,15). The first-order valence-electron chi connectivity index (χ1n) is 5.96. The minimum absolute atomic E-state index is 0.264. The molecule has 1 saturated heterocycles. The lowest BCUT2D eigenvalue weighted by Gasteiger charge is -2.30. The molecule has 1 aromatic heterocycles. The van der Waals surface area contributed by atoms with Crippen molar-refractivity contribution >= 4 is 11.5 Å². The van der Waals surface area contributed by atoms with E-state index in [1.807, 2.05) is 19.2 Å². The van der Waals surface area contributed by atoms with Crippen molar-refractivity contribution < 1.29 is 4.74 Å². The van der Waals surface area contributed by atoms with Crippen LogP contribution in [0.1, 0.15) is 0 Å². The van der Waals surface area contributed by atoms with Crippen molar-refractivity contribution in [3.05, 3.63) is 18.3 Å². The van der Waals surface area contributed by atoms with E-state index in [1.165, 1.54) is 0 Å². The van der Waals surface area contributed by atoms with Crippen molar-refractivity contribution in [3.63, 3.8) is 0 Å². The summed E-state index contributed by atoms with van der Waals surface area (Å²) in [6.45, 7) is 3.66. The molecule has 5 heteroatoms. The first kappa shape index (κ1) is 12.1. The average Bonchev–Trinajstić information content (AvgIpc) is 2.37. The number of rotatable bonds is 4. The minimum atomic E-state index is 0.264. The van der Waals surface area contributed by atoms with E-state index >= 15 is 0 Å². The second-order valence-corrected chi connectivity index (χ2v) is 4.32. The van der Waals surface area contributed by atoms with Gasteiger partial charge in [-0.15, -0.1) is 0 Å². The molecular formula is C12H20N4O. The highest BCUT2D eigenvalue weighted by atomic mass is 16.5. The van der Waals surface area contributed by atoms with Crippen molar-refractivity contribution in [2.75, 3.05) is 51.0 Å². The van der Waals surface area contributed by atoms with Gasteiger partial charge in [-0.3, -0.25) is 0 Å². The Bertz CT molecular complexity index is 358. The molecule has 1 aliphatic rings. The molecule has 1 aliphatic heterocycles. The van der Waals surface area contributed by atoms with Crippen LogP contribution >= 0.6 is 0 Å². The number of hydrogen-bond acceptors (Lipinski definition) is 5. The Morgan fingerprint density at radius 3 is 3.24 bits per heavy atom. The van der Waals surface area contributed by atoms with Crippen LogP contribution < -0.4 is 10.6 Å². The fourth-order valence-corrected chi connectivity index (χ4v) is 1.90. The molecule has 0 saturated carbocycles. The van der Waals surface area contributed by atoms with E-state index in [1.54, 1.807) is 6.20 Å². The van der Waals surface area contributed by atoms with Crippen LogP contribution in [-0.2, 0) is 4.74 Å². The van der Waals surface area contributed by atoms with Crippen molar-refractivity contribution in [3.8, 4) is 0 Å². The van der Waals surface area contributed by atoms with Gasteiger partial charge in [-0.2, -0.15) is 0 Å². The predicted octanol–water partition coefficient (Wildman–Crippen LogP) is 0.866. The molecule has 2 rings (SSSR count). The van der Waals surface area contributed by atoms with Gasteiger partial charge in [-0.05, 0) is 13.1 Å². The summed E-state index contributed by atoms with van der Waals surface area (Å²) in [5, 5.41) is 6.40. The number of likely N-dealkylation sites (N-methyl/N-ethyl adjacent to an activating group) is 1. The maximum absolute atomic E-state index is 5.69. The van der Waals surface area contributed by atoms with E-state index in [-0.39, 0.29) is 6.10 Å². The normalized spacial score (nSPS) is 21.2. The van der Waals surface area contributed by atoms with Gasteiger partial charge in [-0.25, -0.2) is 4.98 Å². The zero-order valence-corrected chi connectivity index (χ0v) is 10.4. The summed E-state index contributed by atoms with van der Waals surface area (Å²) in [7, 11) is 3.99. The summed E-state index contributed by atoms with van der Waals surface area (Å²) in [4.78, 5) is 6.47. The van der Waals surface area contributed by atoms with Crippen molar-refractivity contribution in [1.29, 1.82) is 0 Å². The monoisotopic (exact) mass is 236 g/mol. The Morgan fingerprint density at radius 1 is 1.59 bits per heavy atom. The van der Waals surface area contributed by atoms with Crippen LogP contribution in [-0.4, -0.2) is 56.3 Å². The minimum Gasteiger partial charge on any atom is -0.382 e. The molecule has 0 radical (unpaired) electrons. The zero-order valence-electron chi connectivity index (χ0n) is 10.4. The molecule has 5 nitrogen and oxygen atoms in total. The van der Waals surface area contributed by atoms with Gasteiger partial charge in [0.05, 0.1) is 12.7 Å². The Morgan fingerprint density at radius 2 is 2.47 bits per heavy atom.